The van der Waals surface area contributed by atoms with Crippen LogP contribution in [0.1, 0.15) is 20.8 Å². The van der Waals surface area contributed by atoms with Gasteiger partial charge in [-0.1, -0.05) is 15.9 Å². The summed E-state index contributed by atoms with van der Waals surface area (Å²) in [6, 6.07) is 6.87. The lowest BCUT2D eigenvalue weighted by Crippen LogP contribution is -2.06. The molecular weight excluding hydrogens is 304 g/mol. The molecular formula is C11H7BrN2O4. The van der Waals surface area contributed by atoms with Crippen molar-refractivity contribution < 1.29 is 19.8 Å². The summed E-state index contributed by atoms with van der Waals surface area (Å²) in [7, 11) is 0. The van der Waals surface area contributed by atoms with E-state index in [-0.39, 0.29) is 5.56 Å². The van der Waals surface area contributed by atoms with E-state index >= 15 is 0 Å². The number of benzene rings is 1. The van der Waals surface area contributed by atoms with Crippen LogP contribution in [0.2, 0.25) is 0 Å². The topological polar surface area (TPSA) is 92.4 Å². The highest BCUT2D eigenvalue weighted by Crippen LogP contribution is 2.16. The van der Waals surface area contributed by atoms with Gasteiger partial charge in [-0.2, -0.15) is 5.10 Å². The van der Waals surface area contributed by atoms with Gasteiger partial charge >= 0.3 is 11.9 Å². The van der Waals surface area contributed by atoms with E-state index in [9.17, 15) is 9.59 Å². The number of aromatic carboxylic acids is 2. The third-order valence-corrected chi connectivity index (χ3v) is 2.77. The van der Waals surface area contributed by atoms with Gasteiger partial charge in [0.15, 0.2) is 5.69 Å². The van der Waals surface area contributed by atoms with E-state index < -0.39 is 17.6 Å². The first-order valence-electron chi connectivity index (χ1n) is 4.81. The van der Waals surface area contributed by atoms with Gasteiger partial charge in [-0.25, -0.2) is 14.3 Å². The van der Waals surface area contributed by atoms with E-state index in [1.807, 2.05) is 0 Å². The van der Waals surface area contributed by atoms with Crippen LogP contribution >= 0.6 is 15.9 Å². The summed E-state index contributed by atoms with van der Waals surface area (Å²) < 4.78 is 2.08. The average molecular weight is 311 g/mol. The Kier molecular flexibility index (Phi) is 3.15. The molecule has 0 radical (unpaired) electrons. The number of carbonyl (C=O) groups is 2. The van der Waals surface area contributed by atoms with Gasteiger partial charge < -0.3 is 10.2 Å². The Hall–Kier alpha value is -2.15. The molecule has 0 bridgehead atoms. The third-order valence-electron chi connectivity index (χ3n) is 2.24. The third kappa shape index (κ3) is 2.25. The first kappa shape index (κ1) is 12.3. The first-order valence-corrected chi connectivity index (χ1v) is 5.60. The second-order valence-electron chi connectivity index (χ2n) is 3.42. The van der Waals surface area contributed by atoms with Gasteiger partial charge in [-0.05, 0) is 24.3 Å². The fourth-order valence-electron chi connectivity index (χ4n) is 1.41. The van der Waals surface area contributed by atoms with Crippen LogP contribution in [-0.2, 0) is 0 Å². The van der Waals surface area contributed by atoms with Crippen LogP contribution in [0.5, 0.6) is 0 Å². The summed E-state index contributed by atoms with van der Waals surface area (Å²) in [4.78, 5) is 21.8. The standard InChI is InChI=1S/C11H7BrN2O4/c12-6-1-3-7(4-2-6)14-5-8(10(15)16)9(13-14)11(17)18/h1-5H,(H,15,16)(H,17,18). The quantitative estimate of drug-likeness (QED) is 0.905. The fourth-order valence-corrected chi connectivity index (χ4v) is 1.68. The Morgan fingerprint density at radius 2 is 1.72 bits per heavy atom. The Morgan fingerprint density at radius 1 is 1.11 bits per heavy atom. The molecule has 0 fully saturated rings. The largest absolute Gasteiger partial charge is 0.478 e. The maximum Gasteiger partial charge on any atom is 0.357 e. The van der Waals surface area contributed by atoms with Crippen molar-refractivity contribution in [1.29, 1.82) is 0 Å². The molecule has 1 heterocycles. The normalized spacial score (nSPS) is 10.3. The summed E-state index contributed by atoms with van der Waals surface area (Å²) in [5.74, 6) is -2.70. The smallest absolute Gasteiger partial charge is 0.357 e. The predicted molar refractivity (Wildman–Crippen MR) is 65.2 cm³/mol. The second-order valence-corrected chi connectivity index (χ2v) is 4.34. The van der Waals surface area contributed by atoms with Crippen LogP contribution in [-0.4, -0.2) is 31.9 Å². The molecule has 18 heavy (non-hydrogen) atoms. The van der Waals surface area contributed by atoms with E-state index in [2.05, 4.69) is 21.0 Å². The van der Waals surface area contributed by atoms with Gasteiger partial charge in [0, 0.05) is 10.7 Å². The molecule has 0 aliphatic heterocycles. The first-order chi connectivity index (χ1) is 8.49. The lowest BCUT2D eigenvalue weighted by Gasteiger charge is -2.00. The molecule has 2 N–H and O–H groups in total. The van der Waals surface area contributed by atoms with Gasteiger partial charge in [0.2, 0.25) is 0 Å². The maximum absolute atomic E-state index is 10.9. The molecule has 1 aromatic heterocycles. The van der Waals surface area contributed by atoms with Gasteiger partial charge in [-0.15, -0.1) is 0 Å². The number of hydrogen-bond acceptors (Lipinski definition) is 3. The molecule has 0 saturated carbocycles. The average Bonchev–Trinajstić information content (AvgIpc) is 2.75. The minimum atomic E-state index is -1.37. The van der Waals surface area contributed by atoms with Crippen molar-refractivity contribution in [3.8, 4) is 5.69 Å². The molecule has 0 spiro atoms. The zero-order chi connectivity index (χ0) is 13.3. The van der Waals surface area contributed by atoms with E-state index in [1.54, 1.807) is 24.3 Å². The molecule has 0 aliphatic carbocycles. The van der Waals surface area contributed by atoms with Crippen LogP contribution in [0.3, 0.4) is 0 Å². The molecule has 6 nitrogen and oxygen atoms in total. The van der Waals surface area contributed by atoms with Gasteiger partial charge in [0.05, 0.1) is 5.69 Å². The second kappa shape index (κ2) is 4.61. The lowest BCUT2D eigenvalue weighted by atomic mass is 10.2. The molecule has 2 aromatic rings. The van der Waals surface area contributed by atoms with Crippen LogP contribution in [0.15, 0.2) is 34.9 Å². The molecule has 7 heteroatoms. The van der Waals surface area contributed by atoms with Gasteiger partial charge in [-0.3, -0.25) is 0 Å². The van der Waals surface area contributed by atoms with Crippen molar-refractivity contribution in [3.05, 3.63) is 46.2 Å². The maximum atomic E-state index is 10.9. The monoisotopic (exact) mass is 310 g/mol. The van der Waals surface area contributed by atoms with Crippen LogP contribution in [0, 0.1) is 0 Å². The van der Waals surface area contributed by atoms with Crippen molar-refractivity contribution in [2.45, 2.75) is 0 Å². The Balaban J connectivity index is 2.53. The van der Waals surface area contributed by atoms with Gasteiger partial charge in [0.1, 0.15) is 5.56 Å². The zero-order valence-corrected chi connectivity index (χ0v) is 10.5. The minimum absolute atomic E-state index is 0.342. The molecule has 0 saturated heterocycles. The lowest BCUT2D eigenvalue weighted by molar-refractivity contribution is 0.0648. The zero-order valence-electron chi connectivity index (χ0n) is 8.87. The number of hydrogen-bond donors (Lipinski definition) is 2. The summed E-state index contributed by atoms with van der Waals surface area (Å²) in [5.41, 5.74) is -0.246. The number of rotatable bonds is 3. The molecule has 0 aliphatic rings. The van der Waals surface area contributed by atoms with E-state index in [0.717, 1.165) is 4.47 Å². The van der Waals surface area contributed by atoms with Crippen LogP contribution < -0.4 is 0 Å². The fraction of sp³-hybridized carbons (Fsp3) is 0. The number of aromatic nitrogens is 2. The van der Waals surface area contributed by atoms with Crippen molar-refractivity contribution in [1.82, 2.24) is 9.78 Å². The van der Waals surface area contributed by atoms with Crippen LogP contribution in [0.4, 0.5) is 0 Å². The summed E-state index contributed by atoms with van der Waals surface area (Å²) in [6.07, 6.45) is 1.18. The summed E-state index contributed by atoms with van der Waals surface area (Å²) in [5, 5.41) is 21.5. The van der Waals surface area contributed by atoms with E-state index in [1.165, 1.54) is 10.9 Å². The molecule has 92 valence electrons. The number of nitrogens with zero attached hydrogens (tertiary/aromatic N) is 2. The minimum Gasteiger partial charge on any atom is -0.478 e. The highest BCUT2D eigenvalue weighted by molar-refractivity contribution is 9.10. The van der Waals surface area contributed by atoms with Crippen molar-refractivity contribution >= 4 is 27.9 Å². The van der Waals surface area contributed by atoms with Crippen molar-refractivity contribution in [2.75, 3.05) is 0 Å². The molecule has 0 atom stereocenters. The molecule has 0 unspecified atom stereocenters. The summed E-state index contributed by atoms with van der Waals surface area (Å²) >= 11 is 3.27. The number of halogens is 1. The number of carboxylic acid groups (broad SMARTS) is 2. The van der Waals surface area contributed by atoms with E-state index in [4.69, 9.17) is 10.2 Å². The molecule has 2 rings (SSSR count). The number of carboxylic acids is 2. The van der Waals surface area contributed by atoms with Crippen molar-refractivity contribution in [2.24, 2.45) is 0 Å². The Morgan fingerprint density at radius 3 is 2.17 bits per heavy atom. The predicted octanol–water partition coefficient (Wildman–Crippen LogP) is 2.03. The molecule has 1 aromatic carbocycles. The summed E-state index contributed by atoms with van der Waals surface area (Å²) in [6.45, 7) is 0. The SMILES string of the molecule is O=C(O)c1cn(-c2ccc(Br)cc2)nc1C(=O)O. The van der Waals surface area contributed by atoms with Crippen molar-refractivity contribution in [3.63, 3.8) is 0 Å². The van der Waals surface area contributed by atoms with Gasteiger partial charge in [0.25, 0.3) is 0 Å². The van der Waals surface area contributed by atoms with Crippen LogP contribution in [0.25, 0.3) is 5.69 Å². The highest BCUT2D eigenvalue weighted by Gasteiger charge is 2.21. The Bertz CT molecular complexity index is 587. The van der Waals surface area contributed by atoms with E-state index in [0.29, 0.717) is 5.69 Å². The highest BCUT2D eigenvalue weighted by atomic mass is 79.9. The Labute approximate surface area is 110 Å². The molecule has 0 amide bonds.